The number of hydrogen-bond donors (Lipinski definition) is 0. The van der Waals surface area contributed by atoms with Crippen molar-refractivity contribution in [3.63, 3.8) is 0 Å². The molecule has 0 N–H and O–H groups in total. The van der Waals surface area contributed by atoms with E-state index in [9.17, 15) is 0 Å². The first-order chi connectivity index (χ1) is 8.52. The van der Waals surface area contributed by atoms with Crippen molar-refractivity contribution >= 4 is 11.4 Å². The van der Waals surface area contributed by atoms with Crippen molar-refractivity contribution in [2.75, 3.05) is 23.9 Å². The molecular formula is C16H28N2. The molecule has 0 saturated heterocycles. The SMILES string of the molecule is CCC(C)N(C)c1ccccc1N(C)C(C)CC. The van der Waals surface area contributed by atoms with Gasteiger partial charge in [-0.2, -0.15) is 0 Å². The predicted molar refractivity (Wildman–Crippen MR) is 82.8 cm³/mol. The molecule has 1 aromatic carbocycles. The maximum Gasteiger partial charge on any atom is 0.0603 e. The Kier molecular flexibility index (Phi) is 5.52. The average Bonchev–Trinajstić information content (AvgIpc) is 2.43. The van der Waals surface area contributed by atoms with Crippen molar-refractivity contribution in [2.45, 2.75) is 52.6 Å². The van der Waals surface area contributed by atoms with Gasteiger partial charge in [-0.3, -0.25) is 0 Å². The molecule has 1 rings (SSSR count). The van der Waals surface area contributed by atoms with Gasteiger partial charge < -0.3 is 9.80 Å². The second kappa shape index (κ2) is 6.67. The monoisotopic (exact) mass is 248 g/mol. The third kappa shape index (κ3) is 3.18. The van der Waals surface area contributed by atoms with Crippen LogP contribution in [0.4, 0.5) is 11.4 Å². The molecule has 0 spiro atoms. The Morgan fingerprint density at radius 2 is 1.17 bits per heavy atom. The number of rotatable bonds is 6. The number of hydrogen-bond acceptors (Lipinski definition) is 2. The van der Waals surface area contributed by atoms with Crippen molar-refractivity contribution < 1.29 is 0 Å². The van der Waals surface area contributed by atoms with Crippen LogP contribution in [-0.4, -0.2) is 26.2 Å². The molecule has 18 heavy (non-hydrogen) atoms. The smallest absolute Gasteiger partial charge is 0.0603 e. The van der Waals surface area contributed by atoms with E-state index in [1.165, 1.54) is 11.4 Å². The summed E-state index contributed by atoms with van der Waals surface area (Å²) < 4.78 is 0. The Morgan fingerprint density at radius 3 is 1.44 bits per heavy atom. The third-order valence-corrected chi connectivity index (χ3v) is 4.15. The fourth-order valence-electron chi connectivity index (χ4n) is 2.08. The number of para-hydroxylation sites is 2. The van der Waals surface area contributed by atoms with Gasteiger partial charge in [-0.15, -0.1) is 0 Å². The van der Waals surface area contributed by atoms with Crippen LogP contribution in [0.1, 0.15) is 40.5 Å². The fraction of sp³-hybridized carbons (Fsp3) is 0.625. The van der Waals surface area contributed by atoms with Crippen molar-refractivity contribution in [2.24, 2.45) is 0 Å². The lowest BCUT2D eigenvalue weighted by Crippen LogP contribution is -2.33. The molecule has 0 aliphatic carbocycles. The van der Waals surface area contributed by atoms with Crippen molar-refractivity contribution in [3.8, 4) is 0 Å². The zero-order valence-electron chi connectivity index (χ0n) is 12.8. The maximum absolute atomic E-state index is 2.38. The van der Waals surface area contributed by atoms with Crippen LogP contribution < -0.4 is 9.80 Å². The first-order valence-electron chi connectivity index (χ1n) is 7.07. The lowest BCUT2D eigenvalue weighted by molar-refractivity contribution is 0.647. The summed E-state index contributed by atoms with van der Waals surface area (Å²) in [4.78, 5) is 4.77. The van der Waals surface area contributed by atoms with Gasteiger partial charge in [0, 0.05) is 26.2 Å². The molecule has 0 aliphatic heterocycles. The number of anilines is 2. The highest BCUT2D eigenvalue weighted by atomic mass is 15.2. The molecule has 0 amide bonds. The Morgan fingerprint density at radius 1 is 0.833 bits per heavy atom. The minimum atomic E-state index is 0.566. The van der Waals surface area contributed by atoms with Crippen LogP contribution in [0.2, 0.25) is 0 Å². The molecule has 2 atom stereocenters. The lowest BCUT2D eigenvalue weighted by Gasteiger charge is -2.34. The molecule has 0 bridgehead atoms. The molecule has 2 unspecified atom stereocenters. The van der Waals surface area contributed by atoms with Crippen molar-refractivity contribution in [1.82, 2.24) is 0 Å². The number of benzene rings is 1. The van der Waals surface area contributed by atoms with E-state index in [0.29, 0.717) is 12.1 Å². The van der Waals surface area contributed by atoms with E-state index >= 15 is 0 Å². The minimum Gasteiger partial charge on any atom is -0.370 e. The van der Waals surface area contributed by atoms with Crippen LogP contribution in [0.3, 0.4) is 0 Å². The van der Waals surface area contributed by atoms with E-state index in [-0.39, 0.29) is 0 Å². The minimum absolute atomic E-state index is 0.566. The molecule has 0 fully saturated rings. The van der Waals surface area contributed by atoms with Crippen molar-refractivity contribution in [1.29, 1.82) is 0 Å². The summed E-state index contributed by atoms with van der Waals surface area (Å²) in [7, 11) is 4.38. The van der Waals surface area contributed by atoms with Gasteiger partial charge in [0.2, 0.25) is 0 Å². The quantitative estimate of drug-likeness (QED) is 0.746. The molecular weight excluding hydrogens is 220 g/mol. The Hall–Kier alpha value is -1.18. The molecule has 102 valence electrons. The van der Waals surface area contributed by atoms with Crippen LogP contribution in [0.15, 0.2) is 24.3 Å². The molecule has 2 nitrogen and oxygen atoms in total. The number of nitrogens with zero attached hydrogens (tertiary/aromatic N) is 2. The van der Waals surface area contributed by atoms with Gasteiger partial charge in [0.15, 0.2) is 0 Å². The first kappa shape index (κ1) is 14.9. The lowest BCUT2D eigenvalue weighted by atomic mass is 10.1. The van der Waals surface area contributed by atoms with Crippen molar-refractivity contribution in [3.05, 3.63) is 24.3 Å². The second-order valence-electron chi connectivity index (χ2n) is 5.23. The highest BCUT2D eigenvalue weighted by molar-refractivity contribution is 5.71. The van der Waals surface area contributed by atoms with E-state index in [1.807, 2.05) is 0 Å². The van der Waals surface area contributed by atoms with E-state index in [2.05, 4.69) is 75.9 Å². The van der Waals surface area contributed by atoms with Gasteiger partial charge in [0.05, 0.1) is 11.4 Å². The average molecular weight is 248 g/mol. The second-order valence-corrected chi connectivity index (χ2v) is 5.23. The third-order valence-electron chi connectivity index (χ3n) is 4.15. The zero-order chi connectivity index (χ0) is 13.7. The van der Waals surface area contributed by atoms with E-state index in [1.54, 1.807) is 0 Å². The first-order valence-corrected chi connectivity index (χ1v) is 7.07. The van der Waals surface area contributed by atoms with E-state index in [0.717, 1.165) is 12.8 Å². The molecule has 1 aromatic rings. The molecule has 0 aromatic heterocycles. The highest BCUT2D eigenvalue weighted by Gasteiger charge is 2.16. The van der Waals surface area contributed by atoms with Crippen LogP contribution in [-0.2, 0) is 0 Å². The summed E-state index contributed by atoms with van der Waals surface area (Å²) in [6, 6.07) is 9.83. The largest absolute Gasteiger partial charge is 0.370 e. The Bertz CT molecular complexity index is 327. The summed E-state index contributed by atoms with van der Waals surface area (Å²) in [5.74, 6) is 0. The Balaban J connectivity index is 3.06. The topological polar surface area (TPSA) is 6.48 Å². The summed E-state index contributed by atoms with van der Waals surface area (Å²) in [6.07, 6.45) is 2.33. The van der Waals surface area contributed by atoms with E-state index < -0.39 is 0 Å². The molecule has 0 saturated carbocycles. The van der Waals surface area contributed by atoms with Gasteiger partial charge >= 0.3 is 0 Å². The van der Waals surface area contributed by atoms with E-state index in [4.69, 9.17) is 0 Å². The predicted octanol–water partition coefficient (Wildman–Crippen LogP) is 4.16. The summed E-state index contributed by atoms with van der Waals surface area (Å²) in [6.45, 7) is 9.03. The fourth-order valence-corrected chi connectivity index (χ4v) is 2.08. The van der Waals surface area contributed by atoms with Gasteiger partial charge in [0.25, 0.3) is 0 Å². The zero-order valence-corrected chi connectivity index (χ0v) is 12.8. The molecule has 0 heterocycles. The summed E-state index contributed by atoms with van der Waals surface area (Å²) in [5.41, 5.74) is 2.66. The Labute approximate surface area is 113 Å². The van der Waals surface area contributed by atoms with Crippen LogP contribution in [0, 0.1) is 0 Å². The molecule has 0 radical (unpaired) electrons. The maximum atomic E-state index is 2.38. The summed E-state index contributed by atoms with van der Waals surface area (Å²) in [5, 5.41) is 0. The molecule has 0 aliphatic rings. The van der Waals surface area contributed by atoms with Crippen LogP contribution >= 0.6 is 0 Å². The van der Waals surface area contributed by atoms with Crippen LogP contribution in [0.25, 0.3) is 0 Å². The van der Waals surface area contributed by atoms with Gasteiger partial charge in [0.1, 0.15) is 0 Å². The van der Waals surface area contributed by atoms with Gasteiger partial charge in [-0.25, -0.2) is 0 Å². The standard InChI is InChI=1S/C16H28N2/c1-7-13(3)17(5)15-11-9-10-12-16(15)18(6)14(4)8-2/h9-14H,7-8H2,1-6H3. The highest BCUT2D eigenvalue weighted by Crippen LogP contribution is 2.30. The van der Waals surface area contributed by atoms with Crippen LogP contribution in [0.5, 0.6) is 0 Å². The molecule has 2 heteroatoms. The van der Waals surface area contributed by atoms with Gasteiger partial charge in [-0.1, -0.05) is 26.0 Å². The summed E-state index contributed by atoms with van der Waals surface area (Å²) >= 11 is 0. The van der Waals surface area contributed by atoms with Gasteiger partial charge in [-0.05, 0) is 38.8 Å². The normalized spacial score (nSPS) is 14.1.